The molecule has 0 bridgehead atoms. The number of hydrogen-bond acceptors (Lipinski definition) is 2. The van der Waals surface area contributed by atoms with Gasteiger partial charge < -0.3 is 5.73 Å². The molecule has 0 aliphatic heterocycles. The van der Waals surface area contributed by atoms with Crippen LogP contribution < -0.4 is 5.73 Å². The summed E-state index contributed by atoms with van der Waals surface area (Å²) in [5.41, 5.74) is 5.55. The molecule has 2 nitrogen and oxygen atoms in total. The van der Waals surface area contributed by atoms with Gasteiger partial charge in [0.15, 0.2) is 0 Å². The zero-order valence-corrected chi connectivity index (χ0v) is 5.59. The summed E-state index contributed by atoms with van der Waals surface area (Å²) in [5.74, 6) is 0. The molecule has 1 unspecified atom stereocenters. The highest BCUT2D eigenvalue weighted by atomic mass is 14.8. The highest BCUT2D eigenvalue weighted by Gasteiger charge is 1.92. The van der Waals surface area contributed by atoms with Gasteiger partial charge in [-0.1, -0.05) is 6.92 Å². The Bertz CT molecular complexity index is 68.9. The molecule has 0 saturated carbocycles. The summed E-state index contributed by atoms with van der Waals surface area (Å²) in [6, 6.07) is 0.256. The lowest BCUT2D eigenvalue weighted by Gasteiger charge is -2.01. The topological polar surface area (TPSA) is 38.4 Å². The van der Waals surface area contributed by atoms with Crippen LogP contribution in [0.15, 0.2) is 4.99 Å². The maximum Gasteiger partial charge on any atom is 0.0536 e. The van der Waals surface area contributed by atoms with Crippen molar-refractivity contribution in [2.45, 2.75) is 26.3 Å². The number of nitrogens with two attached hydrogens (primary N) is 1. The van der Waals surface area contributed by atoms with E-state index in [4.69, 9.17) is 5.73 Å². The second kappa shape index (κ2) is 4.78. The average molecular weight is 114 g/mol. The summed E-state index contributed by atoms with van der Waals surface area (Å²) >= 11 is 0. The fourth-order valence-corrected chi connectivity index (χ4v) is 0.370. The minimum absolute atomic E-state index is 0.256. The maximum atomic E-state index is 5.55. The second-order valence-corrected chi connectivity index (χ2v) is 1.79. The SMILES string of the molecule is CC=NCC(N)CC. The van der Waals surface area contributed by atoms with E-state index >= 15 is 0 Å². The van der Waals surface area contributed by atoms with Crippen LogP contribution in [0.4, 0.5) is 0 Å². The van der Waals surface area contributed by atoms with Crippen LogP contribution in [0.2, 0.25) is 0 Å². The van der Waals surface area contributed by atoms with Gasteiger partial charge in [0.05, 0.1) is 6.54 Å². The molecule has 0 aromatic heterocycles. The molecule has 48 valence electrons. The van der Waals surface area contributed by atoms with Gasteiger partial charge in [0, 0.05) is 6.04 Å². The van der Waals surface area contributed by atoms with Gasteiger partial charge >= 0.3 is 0 Å². The zero-order valence-electron chi connectivity index (χ0n) is 5.59. The Morgan fingerprint density at radius 3 is 2.75 bits per heavy atom. The predicted octanol–water partition coefficient (Wildman–Crippen LogP) is 0.814. The molecule has 0 spiro atoms. The molecule has 1 atom stereocenters. The largest absolute Gasteiger partial charge is 0.326 e. The van der Waals surface area contributed by atoms with Crippen molar-refractivity contribution in [3.05, 3.63) is 0 Å². The van der Waals surface area contributed by atoms with E-state index in [1.807, 2.05) is 6.92 Å². The van der Waals surface area contributed by atoms with E-state index in [2.05, 4.69) is 11.9 Å². The first kappa shape index (κ1) is 7.63. The first-order valence-corrected chi connectivity index (χ1v) is 3.01. The molecule has 8 heavy (non-hydrogen) atoms. The minimum Gasteiger partial charge on any atom is -0.326 e. The Labute approximate surface area is 50.8 Å². The molecule has 0 aliphatic rings. The lowest BCUT2D eigenvalue weighted by molar-refractivity contribution is 0.662. The van der Waals surface area contributed by atoms with Gasteiger partial charge in [-0.2, -0.15) is 0 Å². The van der Waals surface area contributed by atoms with Crippen LogP contribution in [0.3, 0.4) is 0 Å². The van der Waals surface area contributed by atoms with Crippen LogP contribution >= 0.6 is 0 Å². The standard InChI is InChI=1S/C6H14N2/c1-3-6(7)5-8-4-2/h4,6H,3,5,7H2,1-2H3. The van der Waals surface area contributed by atoms with Gasteiger partial charge in [-0.05, 0) is 19.6 Å². The Balaban J connectivity index is 3.10. The fraction of sp³-hybridized carbons (Fsp3) is 0.833. The van der Waals surface area contributed by atoms with Crippen LogP contribution in [0.5, 0.6) is 0 Å². The molecule has 2 N–H and O–H groups in total. The summed E-state index contributed by atoms with van der Waals surface area (Å²) in [6.07, 6.45) is 2.80. The first-order chi connectivity index (χ1) is 3.81. The molecule has 0 fully saturated rings. The highest BCUT2D eigenvalue weighted by molar-refractivity contribution is 5.53. The van der Waals surface area contributed by atoms with Crippen LogP contribution in [0, 0.1) is 0 Å². The van der Waals surface area contributed by atoms with E-state index in [0.29, 0.717) is 0 Å². The van der Waals surface area contributed by atoms with Gasteiger partial charge in [0.1, 0.15) is 0 Å². The van der Waals surface area contributed by atoms with Crippen molar-refractivity contribution < 1.29 is 0 Å². The first-order valence-electron chi connectivity index (χ1n) is 3.01. The average Bonchev–Trinajstić information content (AvgIpc) is 1.83. The van der Waals surface area contributed by atoms with Gasteiger partial charge in [0.2, 0.25) is 0 Å². The van der Waals surface area contributed by atoms with Crippen molar-refractivity contribution in [1.29, 1.82) is 0 Å². The summed E-state index contributed by atoms with van der Waals surface area (Å²) in [5, 5.41) is 0. The summed E-state index contributed by atoms with van der Waals surface area (Å²) < 4.78 is 0. The minimum atomic E-state index is 0.256. The predicted molar refractivity (Wildman–Crippen MR) is 37.3 cm³/mol. The number of rotatable bonds is 3. The second-order valence-electron chi connectivity index (χ2n) is 1.79. The normalized spacial score (nSPS) is 14.9. The lowest BCUT2D eigenvalue weighted by atomic mass is 10.2. The molecule has 0 heterocycles. The smallest absolute Gasteiger partial charge is 0.0536 e. The summed E-state index contributed by atoms with van der Waals surface area (Å²) in [4.78, 5) is 3.99. The summed E-state index contributed by atoms with van der Waals surface area (Å²) in [7, 11) is 0. The fourth-order valence-electron chi connectivity index (χ4n) is 0.370. The number of nitrogens with zero attached hydrogens (tertiary/aromatic N) is 1. The van der Waals surface area contributed by atoms with E-state index in [9.17, 15) is 0 Å². The number of aliphatic imine (C=N–C) groups is 1. The van der Waals surface area contributed by atoms with E-state index in [0.717, 1.165) is 13.0 Å². The van der Waals surface area contributed by atoms with Crippen molar-refractivity contribution >= 4 is 6.21 Å². The van der Waals surface area contributed by atoms with Crippen LogP contribution in [-0.2, 0) is 0 Å². The van der Waals surface area contributed by atoms with E-state index in [-0.39, 0.29) is 6.04 Å². The molecule has 0 saturated heterocycles. The monoisotopic (exact) mass is 114 g/mol. The molecular formula is C6H14N2. The van der Waals surface area contributed by atoms with E-state index in [1.54, 1.807) is 6.21 Å². The van der Waals surface area contributed by atoms with Crippen molar-refractivity contribution in [3.63, 3.8) is 0 Å². The molecule has 0 aromatic rings. The van der Waals surface area contributed by atoms with Crippen molar-refractivity contribution in [2.75, 3.05) is 6.54 Å². The van der Waals surface area contributed by atoms with Gasteiger partial charge in [-0.25, -0.2) is 0 Å². The number of hydrogen-bond donors (Lipinski definition) is 1. The molecule has 0 aliphatic carbocycles. The Kier molecular flexibility index (Phi) is 4.56. The van der Waals surface area contributed by atoms with Crippen molar-refractivity contribution in [1.82, 2.24) is 0 Å². The molecule has 0 radical (unpaired) electrons. The van der Waals surface area contributed by atoms with Crippen molar-refractivity contribution in [3.8, 4) is 0 Å². The van der Waals surface area contributed by atoms with Crippen LogP contribution in [0.1, 0.15) is 20.3 Å². The molecule has 0 amide bonds. The third kappa shape index (κ3) is 3.81. The third-order valence-corrected chi connectivity index (χ3v) is 1.05. The van der Waals surface area contributed by atoms with Crippen LogP contribution in [0.25, 0.3) is 0 Å². The van der Waals surface area contributed by atoms with E-state index in [1.165, 1.54) is 0 Å². The van der Waals surface area contributed by atoms with Gasteiger partial charge in [0.25, 0.3) is 0 Å². The maximum absolute atomic E-state index is 5.55. The highest BCUT2D eigenvalue weighted by Crippen LogP contribution is 1.84. The summed E-state index contributed by atoms with van der Waals surface area (Å²) in [6.45, 7) is 4.74. The van der Waals surface area contributed by atoms with Gasteiger partial charge in [-0.3, -0.25) is 4.99 Å². The molecule has 0 aromatic carbocycles. The molecule has 2 heteroatoms. The van der Waals surface area contributed by atoms with Crippen molar-refractivity contribution in [2.24, 2.45) is 10.7 Å². The lowest BCUT2D eigenvalue weighted by Crippen LogP contribution is -2.21. The quantitative estimate of drug-likeness (QED) is 0.542. The molecule has 0 rings (SSSR count). The Hall–Kier alpha value is -0.370. The molecular weight excluding hydrogens is 100 g/mol. The Morgan fingerprint density at radius 2 is 2.38 bits per heavy atom. The third-order valence-electron chi connectivity index (χ3n) is 1.05. The van der Waals surface area contributed by atoms with E-state index < -0.39 is 0 Å². The zero-order chi connectivity index (χ0) is 6.41. The van der Waals surface area contributed by atoms with Crippen LogP contribution in [-0.4, -0.2) is 18.8 Å². The van der Waals surface area contributed by atoms with Gasteiger partial charge in [-0.15, -0.1) is 0 Å². The Morgan fingerprint density at radius 1 is 1.75 bits per heavy atom.